The van der Waals surface area contributed by atoms with Gasteiger partial charge in [0.2, 0.25) is 0 Å². The molecule has 9 aromatic rings. The van der Waals surface area contributed by atoms with E-state index in [-0.39, 0.29) is 0 Å². The van der Waals surface area contributed by atoms with Gasteiger partial charge in [0, 0.05) is 49.9 Å². The lowest BCUT2D eigenvalue weighted by molar-refractivity contribution is 0.670. The molecule has 0 bridgehead atoms. The molecule has 2 aromatic heterocycles. The van der Waals surface area contributed by atoms with E-state index in [1.54, 1.807) is 0 Å². The Hall–Kier alpha value is -6.06. The monoisotopic (exact) mass is 576 g/mol. The first-order valence-electron chi connectivity index (χ1n) is 15.3. The number of hydrogen-bond acceptors (Lipinski definition) is 2. The molecular formula is C42H28N2O. The summed E-state index contributed by atoms with van der Waals surface area (Å²) in [5.41, 5.74) is 10.8. The number of benzene rings is 7. The van der Waals surface area contributed by atoms with Crippen LogP contribution in [0.5, 0.6) is 0 Å². The molecule has 9 rings (SSSR count). The van der Waals surface area contributed by atoms with Gasteiger partial charge >= 0.3 is 0 Å². The third-order valence-corrected chi connectivity index (χ3v) is 8.75. The molecule has 0 atom stereocenters. The Bertz CT molecular complexity index is 2440. The Morgan fingerprint density at radius 2 is 1.02 bits per heavy atom. The SMILES string of the molecule is c1ccc(N(c2ccccc2)c2cc(-c3ccc4c(c3)c3ccccc3n4-c3ccccc3)c3oc4ccccc4c3c2)cc1. The van der Waals surface area contributed by atoms with Crippen molar-refractivity contribution in [3.8, 4) is 16.8 Å². The first-order chi connectivity index (χ1) is 22.3. The minimum atomic E-state index is 0.888. The zero-order valence-corrected chi connectivity index (χ0v) is 24.5. The summed E-state index contributed by atoms with van der Waals surface area (Å²) in [4.78, 5) is 2.32. The normalized spacial score (nSPS) is 11.6. The molecule has 0 aliphatic rings. The smallest absolute Gasteiger partial charge is 0.143 e. The third kappa shape index (κ3) is 4.13. The van der Waals surface area contributed by atoms with Crippen molar-refractivity contribution in [2.24, 2.45) is 0 Å². The van der Waals surface area contributed by atoms with E-state index in [2.05, 4.69) is 173 Å². The third-order valence-electron chi connectivity index (χ3n) is 8.75. The molecule has 3 heteroatoms. The number of para-hydroxylation sites is 5. The summed E-state index contributed by atoms with van der Waals surface area (Å²) >= 11 is 0. The van der Waals surface area contributed by atoms with Gasteiger partial charge in [0.05, 0.1) is 11.0 Å². The average molecular weight is 577 g/mol. The van der Waals surface area contributed by atoms with Crippen molar-refractivity contribution in [3.63, 3.8) is 0 Å². The predicted octanol–water partition coefficient (Wildman–Crippen LogP) is 11.8. The molecule has 3 nitrogen and oxygen atoms in total. The highest BCUT2D eigenvalue weighted by atomic mass is 16.3. The van der Waals surface area contributed by atoms with E-state index in [4.69, 9.17) is 4.42 Å². The summed E-state index contributed by atoms with van der Waals surface area (Å²) in [5, 5.41) is 4.65. The summed E-state index contributed by atoms with van der Waals surface area (Å²) in [5.74, 6) is 0. The van der Waals surface area contributed by atoms with E-state index >= 15 is 0 Å². The summed E-state index contributed by atoms with van der Waals surface area (Å²) in [6.45, 7) is 0. The highest BCUT2D eigenvalue weighted by molar-refractivity contribution is 6.14. The molecule has 0 fully saturated rings. The molecule has 7 aromatic carbocycles. The van der Waals surface area contributed by atoms with Crippen molar-refractivity contribution in [3.05, 3.63) is 170 Å². The molecule has 0 saturated carbocycles. The lowest BCUT2D eigenvalue weighted by Crippen LogP contribution is -2.09. The maximum atomic E-state index is 6.63. The Balaban J connectivity index is 1.34. The van der Waals surface area contributed by atoms with Crippen LogP contribution in [-0.2, 0) is 0 Å². The fraction of sp³-hybridized carbons (Fsp3) is 0. The van der Waals surface area contributed by atoms with E-state index in [0.29, 0.717) is 0 Å². The van der Waals surface area contributed by atoms with E-state index in [1.165, 1.54) is 21.8 Å². The summed E-state index contributed by atoms with van der Waals surface area (Å²) < 4.78 is 8.99. The number of rotatable bonds is 5. The van der Waals surface area contributed by atoms with Gasteiger partial charge in [0.15, 0.2) is 0 Å². The van der Waals surface area contributed by atoms with Crippen LogP contribution in [0, 0.1) is 0 Å². The lowest BCUT2D eigenvalue weighted by Gasteiger charge is -2.26. The summed E-state index contributed by atoms with van der Waals surface area (Å²) in [6.07, 6.45) is 0. The van der Waals surface area contributed by atoms with Gasteiger partial charge in [0.25, 0.3) is 0 Å². The standard InChI is InChI=1S/C42H28N2O/c1-4-14-30(15-5-1)43(31-16-6-2-7-17-31)33-27-36(42-38(28-33)35-21-11-13-23-41(35)45-42)29-24-25-40-37(26-29)34-20-10-12-22-39(34)44(40)32-18-8-3-9-19-32/h1-28H. The van der Waals surface area contributed by atoms with Gasteiger partial charge in [-0.2, -0.15) is 0 Å². The second-order valence-corrected chi connectivity index (χ2v) is 11.4. The quantitative estimate of drug-likeness (QED) is 0.203. The Kier molecular flexibility index (Phi) is 5.82. The van der Waals surface area contributed by atoms with Gasteiger partial charge in [-0.1, -0.05) is 97.1 Å². The van der Waals surface area contributed by atoms with Gasteiger partial charge < -0.3 is 13.9 Å². The van der Waals surface area contributed by atoms with Crippen molar-refractivity contribution < 1.29 is 4.42 Å². The topological polar surface area (TPSA) is 21.3 Å². The van der Waals surface area contributed by atoms with E-state index in [0.717, 1.165) is 55.8 Å². The van der Waals surface area contributed by atoms with Gasteiger partial charge in [-0.15, -0.1) is 0 Å². The van der Waals surface area contributed by atoms with Crippen molar-refractivity contribution >= 4 is 60.8 Å². The molecule has 0 aliphatic heterocycles. The van der Waals surface area contributed by atoms with E-state index < -0.39 is 0 Å². The van der Waals surface area contributed by atoms with E-state index in [1.807, 2.05) is 6.07 Å². The van der Waals surface area contributed by atoms with Crippen LogP contribution < -0.4 is 4.90 Å². The van der Waals surface area contributed by atoms with Crippen LogP contribution >= 0.6 is 0 Å². The maximum Gasteiger partial charge on any atom is 0.143 e. The average Bonchev–Trinajstić information content (AvgIpc) is 3.65. The van der Waals surface area contributed by atoms with Crippen molar-refractivity contribution in [1.82, 2.24) is 4.57 Å². The summed E-state index contributed by atoms with van der Waals surface area (Å²) in [7, 11) is 0. The molecule has 0 unspecified atom stereocenters. The molecule has 212 valence electrons. The molecule has 2 heterocycles. The van der Waals surface area contributed by atoms with Crippen LogP contribution in [0.3, 0.4) is 0 Å². The Morgan fingerprint density at radius 1 is 0.422 bits per heavy atom. The maximum absolute atomic E-state index is 6.63. The fourth-order valence-corrected chi connectivity index (χ4v) is 6.75. The van der Waals surface area contributed by atoms with Crippen molar-refractivity contribution in [2.75, 3.05) is 4.90 Å². The molecule has 0 radical (unpaired) electrons. The number of aromatic nitrogens is 1. The molecule has 45 heavy (non-hydrogen) atoms. The number of fused-ring (bicyclic) bond motifs is 6. The minimum absolute atomic E-state index is 0.888. The highest BCUT2D eigenvalue weighted by Crippen LogP contribution is 2.44. The number of hydrogen-bond donors (Lipinski definition) is 0. The second kappa shape index (κ2) is 10.3. The number of anilines is 3. The Labute approximate surface area is 260 Å². The van der Waals surface area contributed by atoms with Crippen molar-refractivity contribution in [1.29, 1.82) is 0 Å². The molecule has 0 aliphatic carbocycles. The van der Waals surface area contributed by atoms with Crippen LogP contribution in [0.4, 0.5) is 17.1 Å². The molecule has 0 amide bonds. The van der Waals surface area contributed by atoms with Crippen LogP contribution in [0.2, 0.25) is 0 Å². The largest absolute Gasteiger partial charge is 0.455 e. The Morgan fingerprint density at radius 3 is 1.76 bits per heavy atom. The minimum Gasteiger partial charge on any atom is -0.455 e. The van der Waals surface area contributed by atoms with Gasteiger partial charge in [-0.3, -0.25) is 0 Å². The number of furan rings is 1. The first-order valence-corrected chi connectivity index (χ1v) is 15.3. The second-order valence-electron chi connectivity index (χ2n) is 11.4. The molecule has 0 spiro atoms. The van der Waals surface area contributed by atoms with Gasteiger partial charge in [0.1, 0.15) is 11.2 Å². The van der Waals surface area contributed by atoms with E-state index in [9.17, 15) is 0 Å². The lowest BCUT2D eigenvalue weighted by atomic mass is 9.98. The zero-order chi connectivity index (χ0) is 29.7. The molecule has 0 N–H and O–H groups in total. The highest BCUT2D eigenvalue weighted by Gasteiger charge is 2.20. The van der Waals surface area contributed by atoms with Crippen LogP contribution in [0.1, 0.15) is 0 Å². The van der Waals surface area contributed by atoms with Crippen molar-refractivity contribution in [2.45, 2.75) is 0 Å². The fourth-order valence-electron chi connectivity index (χ4n) is 6.75. The summed E-state index contributed by atoms with van der Waals surface area (Å²) in [6, 6.07) is 60.1. The van der Waals surface area contributed by atoms with Crippen LogP contribution in [-0.4, -0.2) is 4.57 Å². The van der Waals surface area contributed by atoms with Crippen LogP contribution in [0.15, 0.2) is 174 Å². The van der Waals surface area contributed by atoms with Crippen LogP contribution in [0.25, 0.3) is 60.6 Å². The predicted molar refractivity (Wildman–Crippen MR) is 188 cm³/mol. The molecular weight excluding hydrogens is 548 g/mol. The number of nitrogens with zero attached hydrogens (tertiary/aromatic N) is 2. The first kappa shape index (κ1) is 25.4. The molecule has 0 saturated heterocycles. The zero-order valence-electron chi connectivity index (χ0n) is 24.5. The van der Waals surface area contributed by atoms with Gasteiger partial charge in [-0.05, 0) is 78.4 Å². The van der Waals surface area contributed by atoms with Gasteiger partial charge in [-0.25, -0.2) is 0 Å².